The molecule has 1 saturated heterocycles. The number of nitrogens with one attached hydrogen (secondary N) is 1. The third-order valence-electron chi connectivity index (χ3n) is 4.67. The molecule has 0 aromatic heterocycles. The van der Waals surface area contributed by atoms with Crippen LogP contribution in [0.1, 0.15) is 78.1 Å². The van der Waals surface area contributed by atoms with E-state index in [1.807, 2.05) is 0 Å². The Balaban J connectivity index is 2.14. The van der Waals surface area contributed by atoms with Crippen molar-refractivity contribution in [2.24, 2.45) is 5.92 Å². The number of rotatable bonds is 12. The van der Waals surface area contributed by atoms with Crippen molar-refractivity contribution in [3.63, 3.8) is 0 Å². The van der Waals surface area contributed by atoms with Gasteiger partial charge in [-0.05, 0) is 25.3 Å². The summed E-state index contributed by atoms with van der Waals surface area (Å²) in [6.07, 6.45) is 12.7. The van der Waals surface area contributed by atoms with Gasteiger partial charge in [0, 0.05) is 6.04 Å². The van der Waals surface area contributed by atoms with Crippen LogP contribution >= 0.6 is 0 Å². The molecule has 1 N–H and O–H groups in total. The summed E-state index contributed by atoms with van der Waals surface area (Å²) in [5, 5.41) is 3.52. The third-order valence-corrected chi connectivity index (χ3v) is 6.47. The van der Waals surface area contributed by atoms with E-state index in [1.54, 1.807) is 0 Å². The number of hydrogen-bond donors (Lipinski definition) is 1. The zero-order valence-corrected chi connectivity index (χ0v) is 14.9. The Morgan fingerprint density at radius 3 is 2.14 bits per heavy atom. The smallest absolute Gasteiger partial charge is 0.150 e. The largest absolute Gasteiger partial charge is 0.314 e. The van der Waals surface area contributed by atoms with E-state index in [2.05, 4.69) is 19.2 Å². The van der Waals surface area contributed by atoms with Crippen LogP contribution in [0.2, 0.25) is 0 Å². The molecular formula is C17H35NO2S. The molecule has 2 atom stereocenters. The molecule has 2 unspecified atom stereocenters. The Morgan fingerprint density at radius 2 is 1.62 bits per heavy atom. The molecule has 4 heteroatoms. The molecular weight excluding hydrogens is 282 g/mol. The molecule has 0 aromatic rings. The maximum atomic E-state index is 11.6. The number of hydrogen-bond acceptors (Lipinski definition) is 3. The van der Waals surface area contributed by atoms with Crippen molar-refractivity contribution in [1.29, 1.82) is 0 Å². The van der Waals surface area contributed by atoms with Gasteiger partial charge in [-0.25, -0.2) is 8.42 Å². The van der Waals surface area contributed by atoms with Crippen LogP contribution in [-0.2, 0) is 9.84 Å². The van der Waals surface area contributed by atoms with Crippen LogP contribution in [0.25, 0.3) is 0 Å². The van der Waals surface area contributed by atoms with E-state index in [1.165, 1.54) is 51.4 Å². The Hall–Kier alpha value is -0.0900. The molecule has 3 nitrogen and oxygen atoms in total. The molecule has 0 spiro atoms. The van der Waals surface area contributed by atoms with E-state index in [0.717, 1.165) is 19.4 Å². The zero-order valence-electron chi connectivity index (χ0n) is 14.1. The van der Waals surface area contributed by atoms with Crippen LogP contribution in [0.15, 0.2) is 0 Å². The summed E-state index contributed by atoms with van der Waals surface area (Å²) in [5.74, 6) is 1.15. The topological polar surface area (TPSA) is 46.2 Å². The van der Waals surface area contributed by atoms with E-state index in [4.69, 9.17) is 0 Å². The molecule has 0 radical (unpaired) electrons. The average Bonchev–Trinajstić information content (AvgIpc) is 2.81. The van der Waals surface area contributed by atoms with Crippen molar-refractivity contribution in [3.8, 4) is 0 Å². The minimum absolute atomic E-state index is 0.347. The van der Waals surface area contributed by atoms with Gasteiger partial charge in [0.1, 0.15) is 0 Å². The molecule has 0 amide bonds. The lowest BCUT2D eigenvalue weighted by Gasteiger charge is -2.23. The minimum Gasteiger partial charge on any atom is -0.314 e. The van der Waals surface area contributed by atoms with Crippen LogP contribution in [0.4, 0.5) is 0 Å². The predicted octanol–water partition coefficient (Wildman–Crippen LogP) is 3.93. The van der Waals surface area contributed by atoms with Gasteiger partial charge in [0.15, 0.2) is 9.84 Å². The Kier molecular flexibility index (Phi) is 9.57. The first-order chi connectivity index (χ1) is 10.1. The molecule has 0 aliphatic carbocycles. The lowest BCUT2D eigenvalue weighted by molar-refractivity contribution is 0.355. The van der Waals surface area contributed by atoms with Crippen molar-refractivity contribution in [2.75, 3.05) is 18.1 Å². The third kappa shape index (κ3) is 8.20. The number of sulfone groups is 1. The first kappa shape index (κ1) is 19.0. The standard InChI is InChI=1S/C17H35NO2S/c1-3-5-6-7-8-9-10-11-12-17(18-4-2)16-13-14-21(19,20)15-16/h16-18H,3-15H2,1-2H3. The van der Waals surface area contributed by atoms with Crippen LogP contribution in [0.5, 0.6) is 0 Å². The van der Waals surface area contributed by atoms with Gasteiger partial charge in [-0.1, -0.05) is 65.2 Å². The maximum Gasteiger partial charge on any atom is 0.150 e. The van der Waals surface area contributed by atoms with Crippen LogP contribution in [0.3, 0.4) is 0 Å². The highest BCUT2D eigenvalue weighted by molar-refractivity contribution is 7.91. The normalized spacial score (nSPS) is 22.5. The quantitative estimate of drug-likeness (QED) is 0.555. The molecule has 0 bridgehead atoms. The monoisotopic (exact) mass is 317 g/mol. The highest BCUT2D eigenvalue weighted by Crippen LogP contribution is 2.25. The van der Waals surface area contributed by atoms with Crippen LogP contribution in [0, 0.1) is 5.92 Å². The highest BCUT2D eigenvalue weighted by atomic mass is 32.2. The van der Waals surface area contributed by atoms with Gasteiger partial charge in [0.05, 0.1) is 11.5 Å². The molecule has 0 saturated carbocycles. The predicted molar refractivity (Wildman–Crippen MR) is 91.5 cm³/mol. The Bertz CT molecular complexity index is 354. The van der Waals surface area contributed by atoms with Crippen molar-refractivity contribution in [2.45, 2.75) is 84.1 Å². The summed E-state index contributed by atoms with van der Waals surface area (Å²) < 4.78 is 23.2. The Morgan fingerprint density at radius 1 is 1.00 bits per heavy atom. The summed E-state index contributed by atoms with van der Waals surface area (Å²) >= 11 is 0. The summed E-state index contributed by atoms with van der Waals surface area (Å²) in [4.78, 5) is 0. The summed E-state index contributed by atoms with van der Waals surface area (Å²) in [7, 11) is -2.75. The first-order valence-corrected chi connectivity index (χ1v) is 10.8. The molecule has 21 heavy (non-hydrogen) atoms. The lowest BCUT2D eigenvalue weighted by Crippen LogP contribution is -2.36. The molecule has 1 aliphatic rings. The Labute approximate surface area is 132 Å². The average molecular weight is 318 g/mol. The summed E-state index contributed by atoms with van der Waals surface area (Å²) in [6.45, 7) is 5.31. The molecule has 126 valence electrons. The van der Waals surface area contributed by atoms with E-state index in [-0.39, 0.29) is 0 Å². The lowest BCUT2D eigenvalue weighted by atomic mass is 9.93. The van der Waals surface area contributed by atoms with Gasteiger partial charge in [-0.2, -0.15) is 0 Å². The van der Waals surface area contributed by atoms with Gasteiger partial charge in [0.25, 0.3) is 0 Å². The second-order valence-electron chi connectivity index (χ2n) is 6.59. The first-order valence-electron chi connectivity index (χ1n) is 9.03. The second kappa shape index (κ2) is 10.6. The van der Waals surface area contributed by atoms with Crippen molar-refractivity contribution in [1.82, 2.24) is 5.32 Å². The number of unbranched alkanes of at least 4 members (excludes halogenated alkanes) is 7. The van der Waals surface area contributed by atoms with Gasteiger partial charge >= 0.3 is 0 Å². The summed E-state index contributed by atoms with van der Waals surface area (Å²) in [6, 6.07) is 0.410. The van der Waals surface area contributed by atoms with E-state index < -0.39 is 9.84 Å². The van der Waals surface area contributed by atoms with E-state index >= 15 is 0 Å². The SMILES string of the molecule is CCCCCCCCCCC(NCC)C1CCS(=O)(=O)C1. The van der Waals surface area contributed by atoms with Crippen LogP contribution < -0.4 is 5.32 Å². The second-order valence-corrected chi connectivity index (χ2v) is 8.82. The van der Waals surface area contributed by atoms with Gasteiger partial charge in [-0.3, -0.25) is 0 Å². The van der Waals surface area contributed by atoms with Crippen molar-refractivity contribution in [3.05, 3.63) is 0 Å². The van der Waals surface area contributed by atoms with E-state index in [0.29, 0.717) is 23.5 Å². The zero-order chi connectivity index (χ0) is 15.6. The van der Waals surface area contributed by atoms with Gasteiger partial charge in [0.2, 0.25) is 0 Å². The molecule has 1 heterocycles. The molecule has 1 rings (SSSR count). The highest BCUT2D eigenvalue weighted by Gasteiger charge is 2.32. The van der Waals surface area contributed by atoms with Crippen molar-refractivity contribution >= 4 is 9.84 Å². The molecule has 0 aromatic carbocycles. The van der Waals surface area contributed by atoms with Crippen molar-refractivity contribution < 1.29 is 8.42 Å². The minimum atomic E-state index is -2.75. The van der Waals surface area contributed by atoms with Gasteiger partial charge in [-0.15, -0.1) is 0 Å². The van der Waals surface area contributed by atoms with E-state index in [9.17, 15) is 8.42 Å². The summed E-state index contributed by atoms with van der Waals surface area (Å²) in [5.41, 5.74) is 0. The molecule has 1 aliphatic heterocycles. The maximum absolute atomic E-state index is 11.6. The van der Waals surface area contributed by atoms with Gasteiger partial charge < -0.3 is 5.32 Å². The molecule has 1 fully saturated rings. The fourth-order valence-corrected chi connectivity index (χ4v) is 5.29. The van der Waals surface area contributed by atoms with Crippen LogP contribution in [-0.4, -0.2) is 32.5 Å². The fourth-order valence-electron chi connectivity index (χ4n) is 3.41. The fraction of sp³-hybridized carbons (Fsp3) is 1.00.